The summed E-state index contributed by atoms with van der Waals surface area (Å²) in [5, 5.41) is 0. The molecule has 0 heterocycles. The number of ether oxygens (including phenoxy) is 3. The largest absolute Gasteiger partial charge is 0.479 e. The molecule has 0 amide bonds. The molecule has 0 aliphatic rings. The zero-order valence-electron chi connectivity index (χ0n) is 19.1. The second-order valence-corrected chi connectivity index (χ2v) is 8.56. The van der Waals surface area contributed by atoms with Crippen molar-refractivity contribution in [1.29, 1.82) is 0 Å². The average Bonchev–Trinajstić information content (AvgIpc) is 2.71. The number of halogens is 2. The molecule has 0 saturated heterocycles. The average molecular weight is 449 g/mol. The highest BCUT2D eigenvalue weighted by atomic mass is 19.1. The number of esters is 2. The summed E-state index contributed by atoms with van der Waals surface area (Å²) < 4.78 is 44.5. The quantitative estimate of drug-likeness (QED) is 0.456. The molecule has 0 saturated carbocycles. The molecule has 0 aliphatic carbocycles. The first-order valence-corrected chi connectivity index (χ1v) is 10.6. The Hall–Kier alpha value is -2.96. The van der Waals surface area contributed by atoms with Gasteiger partial charge in [-0.15, -0.1) is 0 Å². The number of rotatable bonds is 9. The van der Waals surface area contributed by atoms with Crippen LogP contribution >= 0.6 is 0 Å². The standard InChI is InChI=1S/C25H30F2O5/c1-6-17(14-22(28)32-25(3,4)5)24(29)30-16(2)23(18-10-8-7-9-11-18)31-21-15-19(26)12-13-20(21)27/h7-13,15-17,23H,6,14H2,1-5H3/t16-,17+,23-/m0/s1. The van der Waals surface area contributed by atoms with Crippen molar-refractivity contribution >= 4 is 11.9 Å². The van der Waals surface area contributed by atoms with E-state index >= 15 is 0 Å². The van der Waals surface area contributed by atoms with Crippen molar-refractivity contribution in [2.75, 3.05) is 0 Å². The van der Waals surface area contributed by atoms with E-state index in [1.807, 2.05) is 0 Å². The maximum Gasteiger partial charge on any atom is 0.309 e. The topological polar surface area (TPSA) is 61.8 Å². The van der Waals surface area contributed by atoms with E-state index in [0.29, 0.717) is 12.0 Å². The van der Waals surface area contributed by atoms with Gasteiger partial charge in [-0.3, -0.25) is 9.59 Å². The van der Waals surface area contributed by atoms with Crippen molar-refractivity contribution in [2.45, 2.75) is 65.3 Å². The molecule has 5 nitrogen and oxygen atoms in total. The first kappa shape index (κ1) is 25.3. The predicted molar refractivity (Wildman–Crippen MR) is 116 cm³/mol. The molecular weight excluding hydrogens is 418 g/mol. The molecule has 32 heavy (non-hydrogen) atoms. The maximum absolute atomic E-state index is 14.2. The molecule has 0 aromatic heterocycles. The van der Waals surface area contributed by atoms with E-state index in [1.54, 1.807) is 65.0 Å². The van der Waals surface area contributed by atoms with Crippen molar-refractivity contribution in [3.63, 3.8) is 0 Å². The van der Waals surface area contributed by atoms with Crippen LogP contribution in [0.1, 0.15) is 59.1 Å². The lowest BCUT2D eigenvalue weighted by molar-refractivity contribution is -0.166. The molecule has 0 radical (unpaired) electrons. The summed E-state index contributed by atoms with van der Waals surface area (Å²) in [6, 6.07) is 11.7. The molecule has 0 N–H and O–H groups in total. The Morgan fingerprint density at radius 2 is 1.69 bits per heavy atom. The lowest BCUT2D eigenvalue weighted by Crippen LogP contribution is -2.32. The van der Waals surface area contributed by atoms with Crippen molar-refractivity contribution in [2.24, 2.45) is 5.92 Å². The fourth-order valence-electron chi connectivity index (χ4n) is 3.10. The number of carbonyl (C=O) groups is 2. The lowest BCUT2D eigenvalue weighted by atomic mass is 10.0. The Bertz CT molecular complexity index is 908. The Kier molecular flexibility index (Phi) is 8.75. The van der Waals surface area contributed by atoms with Gasteiger partial charge in [-0.05, 0) is 51.8 Å². The van der Waals surface area contributed by atoms with E-state index in [1.165, 1.54) is 0 Å². The molecule has 0 unspecified atom stereocenters. The minimum atomic E-state index is -0.893. The van der Waals surface area contributed by atoms with E-state index in [9.17, 15) is 18.4 Å². The summed E-state index contributed by atoms with van der Waals surface area (Å²) in [4.78, 5) is 24.9. The Morgan fingerprint density at radius 3 is 2.28 bits per heavy atom. The van der Waals surface area contributed by atoms with E-state index in [2.05, 4.69) is 0 Å². The van der Waals surface area contributed by atoms with Gasteiger partial charge in [0.15, 0.2) is 17.7 Å². The van der Waals surface area contributed by atoms with Gasteiger partial charge in [-0.2, -0.15) is 0 Å². The van der Waals surface area contributed by atoms with Crippen LogP contribution in [0.25, 0.3) is 0 Å². The molecule has 174 valence electrons. The monoisotopic (exact) mass is 448 g/mol. The van der Waals surface area contributed by atoms with Crippen molar-refractivity contribution in [3.05, 3.63) is 65.7 Å². The van der Waals surface area contributed by atoms with Crippen LogP contribution in [-0.4, -0.2) is 23.6 Å². The van der Waals surface area contributed by atoms with Crippen LogP contribution in [0.2, 0.25) is 0 Å². The van der Waals surface area contributed by atoms with E-state index in [-0.39, 0.29) is 12.2 Å². The number of hydrogen-bond acceptors (Lipinski definition) is 5. The summed E-state index contributed by atoms with van der Waals surface area (Å²) in [5.74, 6) is -3.46. The molecular formula is C25H30F2O5. The second-order valence-electron chi connectivity index (χ2n) is 8.56. The maximum atomic E-state index is 14.2. The van der Waals surface area contributed by atoms with Gasteiger partial charge in [0.1, 0.15) is 17.5 Å². The van der Waals surface area contributed by atoms with Gasteiger partial charge in [-0.25, -0.2) is 8.78 Å². The first-order chi connectivity index (χ1) is 15.0. The molecule has 3 atom stereocenters. The summed E-state index contributed by atoms with van der Waals surface area (Å²) in [5.41, 5.74) is -0.0370. The molecule has 0 spiro atoms. The van der Waals surface area contributed by atoms with Crippen LogP contribution in [0, 0.1) is 17.6 Å². The van der Waals surface area contributed by atoms with Gasteiger partial charge < -0.3 is 14.2 Å². The van der Waals surface area contributed by atoms with Crippen LogP contribution < -0.4 is 4.74 Å². The van der Waals surface area contributed by atoms with E-state index in [0.717, 1.165) is 18.2 Å². The number of hydrogen-bond donors (Lipinski definition) is 0. The fourth-order valence-corrected chi connectivity index (χ4v) is 3.10. The second kappa shape index (κ2) is 11.1. The smallest absolute Gasteiger partial charge is 0.309 e. The molecule has 7 heteroatoms. The lowest BCUT2D eigenvalue weighted by Gasteiger charge is -2.27. The fraction of sp³-hybridized carbons (Fsp3) is 0.440. The Balaban J connectivity index is 2.18. The van der Waals surface area contributed by atoms with E-state index in [4.69, 9.17) is 14.2 Å². The highest BCUT2D eigenvalue weighted by molar-refractivity contribution is 5.80. The summed E-state index contributed by atoms with van der Waals surface area (Å²) in [6.07, 6.45) is -1.48. The zero-order valence-corrected chi connectivity index (χ0v) is 19.1. The third-order valence-electron chi connectivity index (χ3n) is 4.66. The first-order valence-electron chi connectivity index (χ1n) is 10.6. The van der Waals surface area contributed by atoms with Gasteiger partial charge in [0, 0.05) is 6.07 Å². The normalized spacial score (nSPS) is 14.2. The molecule has 0 fully saturated rings. The minimum Gasteiger partial charge on any atom is -0.479 e. The van der Waals surface area contributed by atoms with E-state index < -0.39 is 47.3 Å². The summed E-state index contributed by atoms with van der Waals surface area (Å²) in [7, 11) is 0. The highest BCUT2D eigenvalue weighted by Crippen LogP contribution is 2.30. The van der Waals surface area contributed by atoms with Crippen molar-refractivity contribution in [1.82, 2.24) is 0 Å². The van der Waals surface area contributed by atoms with Crippen LogP contribution in [-0.2, 0) is 19.1 Å². The minimum absolute atomic E-state index is 0.116. The van der Waals surface area contributed by atoms with Gasteiger partial charge in [0.25, 0.3) is 0 Å². The van der Waals surface area contributed by atoms with Gasteiger partial charge in [0.2, 0.25) is 0 Å². The molecule has 2 aromatic rings. The summed E-state index contributed by atoms with van der Waals surface area (Å²) in [6.45, 7) is 8.62. The van der Waals surface area contributed by atoms with Gasteiger partial charge in [0.05, 0.1) is 12.3 Å². The molecule has 0 bridgehead atoms. The number of carbonyl (C=O) groups excluding carboxylic acids is 2. The van der Waals surface area contributed by atoms with Crippen LogP contribution in [0.3, 0.4) is 0 Å². The van der Waals surface area contributed by atoms with Crippen LogP contribution in [0.5, 0.6) is 5.75 Å². The Labute approximate surface area is 187 Å². The molecule has 2 rings (SSSR count). The van der Waals surface area contributed by atoms with Gasteiger partial charge >= 0.3 is 11.9 Å². The third-order valence-corrected chi connectivity index (χ3v) is 4.66. The predicted octanol–water partition coefficient (Wildman–Crippen LogP) is 5.77. The Morgan fingerprint density at radius 1 is 1.03 bits per heavy atom. The highest BCUT2D eigenvalue weighted by Gasteiger charge is 2.30. The third kappa shape index (κ3) is 7.62. The SMILES string of the molecule is CC[C@H](CC(=O)OC(C)(C)C)C(=O)O[C@@H](C)[C@H](Oc1cc(F)ccc1F)c1ccccc1. The van der Waals surface area contributed by atoms with Crippen LogP contribution in [0.15, 0.2) is 48.5 Å². The van der Waals surface area contributed by atoms with Crippen LogP contribution in [0.4, 0.5) is 8.78 Å². The van der Waals surface area contributed by atoms with Gasteiger partial charge in [-0.1, -0.05) is 37.3 Å². The molecule has 2 aromatic carbocycles. The summed E-state index contributed by atoms with van der Waals surface area (Å²) >= 11 is 0. The van der Waals surface area contributed by atoms with Crippen molar-refractivity contribution < 1.29 is 32.6 Å². The van der Waals surface area contributed by atoms with Crippen molar-refractivity contribution in [3.8, 4) is 5.75 Å². The zero-order chi connectivity index (χ0) is 23.9. The number of benzene rings is 2. The molecule has 0 aliphatic heterocycles.